The minimum absolute atomic E-state index is 0.0307. The third-order valence-corrected chi connectivity index (χ3v) is 3.56. The van der Waals surface area contributed by atoms with Gasteiger partial charge in [-0.25, -0.2) is 0 Å². The number of ether oxygens (including phenoxy) is 1. The van der Waals surface area contributed by atoms with E-state index in [0.717, 1.165) is 18.5 Å². The molecule has 0 aromatic heterocycles. The van der Waals surface area contributed by atoms with E-state index in [1.807, 2.05) is 18.2 Å². The molecule has 2 unspecified atom stereocenters. The molecule has 1 aliphatic rings. The number of carbonyl (C=O) groups is 1. The lowest BCUT2D eigenvalue weighted by atomic mass is 9.93. The van der Waals surface area contributed by atoms with Gasteiger partial charge in [0, 0.05) is 20.3 Å². The molecule has 20 heavy (non-hydrogen) atoms. The average Bonchev–Trinajstić information content (AvgIpc) is 2.47. The van der Waals surface area contributed by atoms with E-state index in [0.29, 0.717) is 13.0 Å². The minimum atomic E-state index is -0.321. The number of methoxy groups -OCH3 is 1. The highest BCUT2D eigenvalue weighted by atomic mass is 16.5. The molecule has 0 radical (unpaired) electrons. The van der Waals surface area contributed by atoms with Crippen LogP contribution in [0.2, 0.25) is 0 Å². The fourth-order valence-electron chi connectivity index (χ4n) is 2.58. The zero-order valence-corrected chi connectivity index (χ0v) is 11.8. The maximum atomic E-state index is 12.4. The molecule has 2 rings (SSSR count). The first-order valence-electron chi connectivity index (χ1n) is 6.97. The van der Waals surface area contributed by atoms with Gasteiger partial charge in [-0.3, -0.25) is 4.79 Å². The van der Waals surface area contributed by atoms with Gasteiger partial charge in [-0.05, 0) is 24.0 Å². The maximum absolute atomic E-state index is 12.4. The number of benzene rings is 1. The number of aliphatic hydroxyl groups is 1. The molecule has 0 bridgehead atoms. The summed E-state index contributed by atoms with van der Waals surface area (Å²) in [7, 11) is 1.59. The Balaban J connectivity index is 2.06. The number of carbonyl (C=O) groups excluding carboxylic acids is 1. The quantitative estimate of drug-likeness (QED) is 0.704. The van der Waals surface area contributed by atoms with Gasteiger partial charge in [-0.1, -0.05) is 24.3 Å². The SMILES string of the molecule is COCC(CCO)NC(=O)C1NCCc2ccccc21. The summed E-state index contributed by atoms with van der Waals surface area (Å²) >= 11 is 0. The van der Waals surface area contributed by atoms with Crippen LogP contribution < -0.4 is 10.6 Å². The minimum Gasteiger partial charge on any atom is -0.396 e. The van der Waals surface area contributed by atoms with Crippen molar-refractivity contribution in [1.29, 1.82) is 0 Å². The van der Waals surface area contributed by atoms with Crippen molar-refractivity contribution in [2.75, 3.05) is 26.9 Å². The summed E-state index contributed by atoms with van der Waals surface area (Å²) in [6.45, 7) is 1.23. The van der Waals surface area contributed by atoms with E-state index in [1.54, 1.807) is 7.11 Å². The molecule has 5 heteroatoms. The molecular formula is C15H22N2O3. The molecule has 3 N–H and O–H groups in total. The van der Waals surface area contributed by atoms with E-state index in [1.165, 1.54) is 5.56 Å². The number of rotatable bonds is 6. The lowest BCUT2D eigenvalue weighted by Crippen LogP contribution is -2.46. The lowest BCUT2D eigenvalue weighted by molar-refractivity contribution is -0.124. The van der Waals surface area contributed by atoms with Crippen LogP contribution in [-0.4, -0.2) is 43.9 Å². The monoisotopic (exact) mass is 278 g/mol. The third kappa shape index (κ3) is 3.56. The van der Waals surface area contributed by atoms with Crippen LogP contribution in [0, 0.1) is 0 Å². The summed E-state index contributed by atoms with van der Waals surface area (Å²) in [4.78, 5) is 12.4. The van der Waals surface area contributed by atoms with Crippen molar-refractivity contribution in [1.82, 2.24) is 10.6 Å². The van der Waals surface area contributed by atoms with Gasteiger partial charge >= 0.3 is 0 Å². The van der Waals surface area contributed by atoms with Gasteiger partial charge in [0.1, 0.15) is 6.04 Å². The van der Waals surface area contributed by atoms with Crippen LogP contribution >= 0.6 is 0 Å². The predicted octanol–water partition coefficient (Wildman–Crippen LogP) is 0.387. The standard InChI is InChI=1S/C15H22N2O3/c1-20-10-12(7-9-18)17-15(19)14-13-5-3-2-4-11(13)6-8-16-14/h2-5,12,14,16,18H,6-10H2,1H3,(H,17,19). The average molecular weight is 278 g/mol. The molecule has 1 amide bonds. The van der Waals surface area contributed by atoms with E-state index < -0.39 is 0 Å². The van der Waals surface area contributed by atoms with Crippen LogP contribution in [0.5, 0.6) is 0 Å². The summed E-state index contributed by atoms with van der Waals surface area (Å²) in [6, 6.07) is 7.52. The molecule has 0 aliphatic carbocycles. The Morgan fingerprint density at radius 2 is 2.35 bits per heavy atom. The molecule has 1 heterocycles. The first-order chi connectivity index (χ1) is 9.76. The van der Waals surface area contributed by atoms with Gasteiger partial charge in [-0.15, -0.1) is 0 Å². The second-order valence-electron chi connectivity index (χ2n) is 5.01. The van der Waals surface area contributed by atoms with E-state index in [4.69, 9.17) is 9.84 Å². The van der Waals surface area contributed by atoms with Crippen LogP contribution in [0.4, 0.5) is 0 Å². The summed E-state index contributed by atoms with van der Waals surface area (Å²) in [6.07, 6.45) is 1.44. The van der Waals surface area contributed by atoms with Crippen molar-refractivity contribution < 1.29 is 14.6 Å². The highest BCUT2D eigenvalue weighted by Gasteiger charge is 2.27. The van der Waals surface area contributed by atoms with Gasteiger partial charge in [0.15, 0.2) is 0 Å². The molecule has 2 atom stereocenters. The van der Waals surface area contributed by atoms with Crippen LogP contribution in [0.3, 0.4) is 0 Å². The van der Waals surface area contributed by atoms with Crippen LogP contribution in [0.25, 0.3) is 0 Å². The Bertz CT molecular complexity index is 444. The number of amides is 1. The summed E-state index contributed by atoms with van der Waals surface area (Å²) in [5, 5.41) is 15.2. The van der Waals surface area contributed by atoms with Crippen LogP contribution in [0.15, 0.2) is 24.3 Å². The first-order valence-corrected chi connectivity index (χ1v) is 6.97. The van der Waals surface area contributed by atoms with Crippen molar-refractivity contribution in [2.45, 2.75) is 24.9 Å². The van der Waals surface area contributed by atoms with E-state index in [2.05, 4.69) is 16.7 Å². The summed E-state index contributed by atoms with van der Waals surface area (Å²) in [5.41, 5.74) is 2.26. The fraction of sp³-hybridized carbons (Fsp3) is 0.533. The lowest BCUT2D eigenvalue weighted by Gasteiger charge is -2.28. The topological polar surface area (TPSA) is 70.6 Å². The van der Waals surface area contributed by atoms with Gasteiger partial charge in [0.25, 0.3) is 0 Å². The number of nitrogens with one attached hydrogen (secondary N) is 2. The molecule has 1 aromatic rings. The van der Waals surface area contributed by atoms with Crippen molar-refractivity contribution in [3.05, 3.63) is 35.4 Å². The highest BCUT2D eigenvalue weighted by Crippen LogP contribution is 2.22. The van der Waals surface area contributed by atoms with Crippen molar-refractivity contribution in [2.24, 2.45) is 0 Å². The molecule has 5 nitrogen and oxygen atoms in total. The first kappa shape index (κ1) is 15.0. The smallest absolute Gasteiger partial charge is 0.242 e. The zero-order chi connectivity index (χ0) is 14.4. The van der Waals surface area contributed by atoms with E-state index in [-0.39, 0.29) is 24.6 Å². The van der Waals surface area contributed by atoms with Crippen molar-refractivity contribution >= 4 is 5.91 Å². The summed E-state index contributed by atoms with van der Waals surface area (Å²) in [5.74, 6) is -0.0624. The Morgan fingerprint density at radius 3 is 3.10 bits per heavy atom. The third-order valence-electron chi connectivity index (χ3n) is 3.56. The highest BCUT2D eigenvalue weighted by molar-refractivity contribution is 5.84. The molecule has 0 saturated heterocycles. The fourth-order valence-corrected chi connectivity index (χ4v) is 2.58. The molecule has 110 valence electrons. The van der Waals surface area contributed by atoms with E-state index >= 15 is 0 Å². The van der Waals surface area contributed by atoms with Gasteiger partial charge < -0.3 is 20.5 Å². The van der Waals surface area contributed by atoms with Gasteiger partial charge in [0.05, 0.1) is 12.6 Å². The largest absolute Gasteiger partial charge is 0.396 e. The Kier molecular flexibility index (Phi) is 5.52. The van der Waals surface area contributed by atoms with Gasteiger partial charge in [-0.2, -0.15) is 0 Å². The second kappa shape index (κ2) is 7.38. The second-order valence-corrected chi connectivity index (χ2v) is 5.01. The number of aliphatic hydroxyl groups excluding tert-OH is 1. The van der Waals surface area contributed by atoms with Crippen molar-refractivity contribution in [3.63, 3.8) is 0 Å². The number of fused-ring (bicyclic) bond motifs is 1. The van der Waals surface area contributed by atoms with Crippen LogP contribution in [0.1, 0.15) is 23.6 Å². The van der Waals surface area contributed by atoms with E-state index in [9.17, 15) is 4.79 Å². The number of hydrogen-bond donors (Lipinski definition) is 3. The maximum Gasteiger partial charge on any atom is 0.242 e. The molecule has 1 aromatic carbocycles. The molecular weight excluding hydrogens is 256 g/mol. The predicted molar refractivity (Wildman–Crippen MR) is 76.4 cm³/mol. The molecule has 0 saturated carbocycles. The Labute approximate surface area is 119 Å². The summed E-state index contributed by atoms with van der Waals surface area (Å²) < 4.78 is 5.07. The molecule has 1 aliphatic heterocycles. The molecule has 0 fully saturated rings. The number of hydrogen-bond acceptors (Lipinski definition) is 4. The Hall–Kier alpha value is -1.43. The molecule has 0 spiro atoms. The zero-order valence-electron chi connectivity index (χ0n) is 11.8. The Morgan fingerprint density at radius 1 is 1.55 bits per heavy atom. The normalized spacial score (nSPS) is 19.2. The van der Waals surface area contributed by atoms with Crippen molar-refractivity contribution in [3.8, 4) is 0 Å². The van der Waals surface area contributed by atoms with Crippen LogP contribution in [-0.2, 0) is 16.0 Å². The van der Waals surface area contributed by atoms with Gasteiger partial charge in [0.2, 0.25) is 5.91 Å².